The first kappa shape index (κ1) is 15.1. The van der Waals surface area contributed by atoms with Gasteiger partial charge < -0.3 is 14.5 Å². The molecule has 0 spiro atoms. The van der Waals surface area contributed by atoms with Crippen molar-refractivity contribution in [3.63, 3.8) is 0 Å². The largest absolute Gasteiger partial charge is 0.497 e. The molecule has 1 aromatic heterocycles. The zero-order valence-electron chi connectivity index (χ0n) is 12.6. The van der Waals surface area contributed by atoms with Crippen molar-refractivity contribution in [1.29, 1.82) is 0 Å². The van der Waals surface area contributed by atoms with E-state index in [0.717, 1.165) is 17.0 Å². The van der Waals surface area contributed by atoms with Crippen LogP contribution < -0.4 is 10.1 Å². The summed E-state index contributed by atoms with van der Waals surface area (Å²) in [5, 5.41) is 2.85. The summed E-state index contributed by atoms with van der Waals surface area (Å²) in [6.45, 7) is 4.05. The molecule has 0 unspecified atom stereocenters. The van der Waals surface area contributed by atoms with Gasteiger partial charge in [-0.05, 0) is 31.0 Å². The highest BCUT2D eigenvalue weighted by Crippen LogP contribution is 2.13. The third-order valence-electron chi connectivity index (χ3n) is 3.25. The molecular weight excluding hydrogens is 268 g/mol. The Morgan fingerprint density at radius 1 is 1.29 bits per heavy atom. The molecule has 0 aliphatic rings. The van der Waals surface area contributed by atoms with Crippen LogP contribution in [-0.2, 0) is 17.8 Å². The topological polar surface area (TPSA) is 64.4 Å². The molecule has 112 valence electrons. The van der Waals surface area contributed by atoms with Crippen LogP contribution in [0.3, 0.4) is 0 Å². The number of nitrogens with zero attached hydrogens (tertiary/aromatic N) is 1. The van der Waals surface area contributed by atoms with Crippen molar-refractivity contribution in [2.75, 3.05) is 7.11 Å². The van der Waals surface area contributed by atoms with Crippen LogP contribution >= 0.6 is 0 Å². The third-order valence-corrected chi connectivity index (χ3v) is 3.25. The number of aryl methyl sites for hydroxylation is 3. The van der Waals surface area contributed by atoms with Crippen LogP contribution in [0.25, 0.3) is 0 Å². The van der Waals surface area contributed by atoms with Crippen molar-refractivity contribution in [2.24, 2.45) is 0 Å². The summed E-state index contributed by atoms with van der Waals surface area (Å²) in [7, 11) is 1.63. The molecule has 2 aromatic rings. The van der Waals surface area contributed by atoms with Crippen LogP contribution in [0.2, 0.25) is 0 Å². The first-order valence-electron chi connectivity index (χ1n) is 6.91. The summed E-state index contributed by atoms with van der Waals surface area (Å²) in [5.74, 6) is 2.15. The first-order valence-corrected chi connectivity index (χ1v) is 6.91. The van der Waals surface area contributed by atoms with Gasteiger partial charge in [0.2, 0.25) is 5.91 Å². The van der Waals surface area contributed by atoms with Crippen molar-refractivity contribution in [2.45, 2.75) is 33.2 Å². The molecule has 0 saturated carbocycles. The lowest BCUT2D eigenvalue weighted by molar-refractivity contribution is -0.121. The number of carbonyl (C=O) groups is 1. The van der Waals surface area contributed by atoms with E-state index >= 15 is 0 Å². The Morgan fingerprint density at radius 3 is 2.57 bits per heavy atom. The molecule has 1 aromatic carbocycles. The minimum Gasteiger partial charge on any atom is -0.497 e. The summed E-state index contributed by atoms with van der Waals surface area (Å²) in [4.78, 5) is 16.0. The van der Waals surface area contributed by atoms with Crippen molar-refractivity contribution < 1.29 is 13.9 Å². The van der Waals surface area contributed by atoms with Gasteiger partial charge in [-0.3, -0.25) is 4.79 Å². The second kappa shape index (κ2) is 6.92. The number of methoxy groups -OCH3 is 1. The zero-order valence-corrected chi connectivity index (χ0v) is 12.6. The molecule has 0 bridgehead atoms. The van der Waals surface area contributed by atoms with Gasteiger partial charge >= 0.3 is 0 Å². The van der Waals surface area contributed by atoms with Gasteiger partial charge in [-0.1, -0.05) is 12.1 Å². The highest BCUT2D eigenvalue weighted by molar-refractivity contribution is 5.76. The molecule has 0 atom stereocenters. The predicted molar refractivity (Wildman–Crippen MR) is 79.1 cm³/mol. The molecule has 21 heavy (non-hydrogen) atoms. The SMILES string of the molecule is COc1ccc(CCC(=O)NCc2oc(C)nc2C)cc1. The predicted octanol–water partition coefficient (Wildman–Crippen LogP) is 2.55. The third kappa shape index (κ3) is 4.34. The van der Waals surface area contributed by atoms with Gasteiger partial charge in [0.15, 0.2) is 5.89 Å². The number of aromatic nitrogens is 1. The standard InChI is InChI=1S/C16H20N2O3/c1-11-15(21-12(2)18-11)10-17-16(19)9-6-13-4-7-14(20-3)8-5-13/h4-5,7-8H,6,9-10H2,1-3H3,(H,17,19). The summed E-state index contributed by atoms with van der Waals surface area (Å²) < 4.78 is 10.5. The van der Waals surface area contributed by atoms with Gasteiger partial charge in [-0.2, -0.15) is 0 Å². The van der Waals surface area contributed by atoms with Crippen LogP contribution in [0.15, 0.2) is 28.7 Å². The Balaban J connectivity index is 1.78. The summed E-state index contributed by atoms with van der Waals surface area (Å²) in [6, 6.07) is 7.73. The number of hydrogen-bond acceptors (Lipinski definition) is 4. The van der Waals surface area contributed by atoms with E-state index in [1.165, 1.54) is 0 Å². The average molecular weight is 288 g/mol. The van der Waals surface area contributed by atoms with Gasteiger partial charge in [-0.25, -0.2) is 4.98 Å². The van der Waals surface area contributed by atoms with Crippen molar-refractivity contribution in [3.05, 3.63) is 47.2 Å². The molecule has 5 heteroatoms. The van der Waals surface area contributed by atoms with Crippen LogP contribution in [-0.4, -0.2) is 18.0 Å². The van der Waals surface area contributed by atoms with E-state index in [1.54, 1.807) is 14.0 Å². The van der Waals surface area contributed by atoms with Crippen LogP contribution in [0.5, 0.6) is 5.75 Å². The molecule has 2 rings (SSSR count). The Bertz CT molecular complexity index is 602. The minimum atomic E-state index is -0.000675. The normalized spacial score (nSPS) is 10.4. The Kier molecular flexibility index (Phi) is 4.98. The van der Waals surface area contributed by atoms with Gasteiger partial charge in [0.1, 0.15) is 11.5 Å². The number of carbonyl (C=O) groups excluding carboxylic acids is 1. The molecule has 1 heterocycles. The fourth-order valence-corrected chi connectivity index (χ4v) is 2.05. The Labute approximate surface area is 124 Å². The summed E-state index contributed by atoms with van der Waals surface area (Å²) >= 11 is 0. The second-order valence-electron chi connectivity index (χ2n) is 4.87. The molecule has 0 aliphatic carbocycles. The molecular formula is C16H20N2O3. The molecule has 0 radical (unpaired) electrons. The maximum absolute atomic E-state index is 11.8. The number of hydrogen-bond donors (Lipinski definition) is 1. The number of oxazole rings is 1. The van der Waals surface area contributed by atoms with E-state index in [-0.39, 0.29) is 5.91 Å². The zero-order chi connectivity index (χ0) is 15.2. The highest BCUT2D eigenvalue weighted by Gasteiger charge is 2.08. The number of ether oxygens (including phenoxy) is 1. The van der Waals surface area contributed by atoms with E-state index < -0.39 is 0 Å². The smallest absolute Gasteiger partial charge is 0.220 e. The fraction of sp³-hybridized carbons (Fsp3) is 0.375. The minimum absolute atomic E-state index is 0.000675. The van der Waals surface area contributed by atoms with Gasteiger partial charge in [-0.15, -0.1) is 0 Å². The van der Waals surface area contributed by atoms with E-state index in [9.17, 15) is 4.79 Å². The van der Waals surface area contributed by atoms with Gasteiger partial charge in [0.05, 0.1) is 19.3 Å². The van der Waals surface area contributed by atoms with Crippen molar-refractivity contribution in [1.82, 2.24) is 10.3 Å². The van der Waals surface area contributed by atoms with Crippen LogP contribution in [0.4, 0.5) is 0 Å². The Morgan fingerprint density at radius 2 is 2.00 bits per heavy atom. The van der Waals surface area contributed by atoms with Gasteiger partial charge in [0.25, 0.3) is 0 Å². The fourth-order valence-electron chi connectivity index (χ4n) is 2.05. The first-order chi connectivity index (χ1) is 10.1. The lowest BCUT2D eigenvalue weighted by Crippen LogP contribution is -2.23. The van der Waals surface area contributed by atoms with E-state index in [0.29, 0.717) is 31.0 Å². The lowest BCUT2D eigenvalue weighted by atomic mass is 10.1. The molecule has 0 saturated heterocycles. The molecule has 0 aliphatic heterocycles. The summed E-state index contributed by atoms with van der Waals surface area (Å²) in [6.07, 6.45) is 1.14. The van der Waals surface area contributed by atoms with Crippen LogP contribution in [0, 0.1) is 13.8 Å². The monoisotopic (exact) mass is 288 g/mol. The maximum Gasteiger partial charge on any atom is 0.220 e. The molecule has 5 nitrogen and oxygen atoms in total. The van der Waals surface area contributed by atoms with E-state index in [1.807, 2.05) is 31.2 Å². The number of benzene rings is 1. The summed E-state index contributed by atoms with van der Waals surface area (Å²) in [5.41, 5.74) is 1.93. The second-order valence-corrected chi connectivity index (χ2v) is 4.87. The molecule has 0 fully saturated rings. The molecule has 1 N–H and O–H groups in total. The number of amides is 1. The van der Waals surface area contributed by atoms with Crippen LogP contribution in [0.1, 0.15) is 29.3 Å². The van der Waals surface area contributed by atoms with E-state index in [4.69, 9.17) is 9.15 Å². The average Bonchev–Trinajstić information content (AvgIpc) is 2.81. The van der Waals surface area contributed by atoms with Gasteiger partial charge in [0, 0.05) is 13.3 Å². The lowest BCUT2D eigenvalue weighted by Gasteiger charge is -2.05. The highest BCUT2D eigenvalue weighted by atomic mass is 16.5. The number of nitrogens with one attached hydrogen (secondary N) is 1. The van der Waals surface area contributed by atoms with E-state index in [2.05, 4.69) is 10.3 Å². The molecule has 1 amide bonds. The maximum atomic E-state index is 11.8. The number of rotatable bonds is 6. The van der Waals surface area contributed by atoms with Crippen molar-refractivity contribution >= 4 is 5.91 Å². The quantitative estimate of drug-likeness (QED) is 0.887. The van der Waals surface area contributed by atoms with Crippen molar-refractivity contribution in [3.8, 4) is 5.75 Å². The Hall–Kier alpha value is -2.30.